The zero-order valence-electron chi connectivity index (χ0n) is 10.5. The van der Waals surface area contributed by atoms with E-state index in [2.05, 4.69) is 26.0 Å². The number of carbonyl (C=O) groups excluding carboxylic acids is 1. The van der Waals surface area contributed by atoms with Crippen molar-refractivity contribution in [2.45, 2.75) is 13.8 Å². The average Bonchev–Trinajstić information content (AvgIpc) is 2.34. The molecule has 18 heavy (non-hydrogen) atoms. The van der Waals surface area contributed by atoms with Gasteiger partial charge in [-0.3, -0.25) is 0 Å². The summed E-state index contributed by atoms with van der Waals surface area (Å²) in [5.74, 6) is -0.688. The van der Waals surface area contributed by atoms with Crippen LogP contribution in [0.1, 0.15) is 12.5 Å². The van der Waals surface area contributed by atoms with E-state index in [-0.39, 0.29) is 11.8 Å². The summed E-state index contributed by atoms with van der Waals surface area (Å²) in [6.45, 7) is 3.98. The van der Waals surface area contributed by atoms with Crippen molar-refractivity contribution in [3.05, 3.63) is 39.6 Å². The molecule has 0 saturated carbocycles. The van der Waals surface area contributed by atoms with Gasteiger partial charge < -0.3 is 10.1 Å². The number of carbonyl (C=O) groups is 1. The third-order valence-electron chi connectivity index (χ3n) is 2.48. The van der Waals surface area contributed by atoms with Gasteiger partial charge in [0.25, 0.3) is 0 Å². The molecule has 0 heterocycles. The Balaban J connectivity index is 2.70. The van der Waals surface area contributed by atoms with Crippen LogP contribution in [0.5, 0.6) is 0 Å². The lowest BCUT2D eigenvalue weighted by Crippen LogP contribution is -2.06. The third-order valence-corrected chi connectivity index (χ3v) is 3.08. The van der Waals surface area contributed by atoms with Crippen molar-refractivity contribution < 1.29 is 13.9 Å². The predicted octanol–water partition coefficient (Wildman–Crippen LogP) is 3.43. The van der Waals surface area contributed by atoms with E-state index >= 15 is 0 Å². The lowest BCUT2D eigenvalue weighted by Gasteiger charge is -2.09. The second-order valence-corrected chi connectivity index (χ2v) is 4.70. The molecule has 0 saturated heterocycles. The molecular formula is C13H15BrFNO2. The molecule has 0 fully saturated rings. The molecule has 0 radical (unpaired) electrons. The molecule has 0 aliphatic heterocycles. The van der Waals surface area contributed by atoms with Gasteiger partial charge in [0.15, 0.2) is 0 Å². The van der Waals surface area contributed by atoms with E-state index in [9.17, 15) is 9.18 Å². The molecule has 0 bridgehead atoms. The molecule has 0 aliphatic carbocycles. The Hall–Kier alpha value is -1.36. The first kappa shape index (κ1) is 14.7. The molecule has 0 atom stereocenters. The fourth-order valence-electron chi connectivity index (χ4n) is 1.40. The standard InChI is InChI=1S/C13H15BrFNO2/c1-8(13(17)18-3)4-5-16-12-7-11(15)10(14)6-9(12)2/h4,6-7,16H,5H2,1-3H3/b8-4+. The molecule has 0 aliphatic rings. The molecule has 98 valence electrons. The molecule has 3 nitrogen and oxygen atoms in total. The van der Waals surface area contributed by atoms with Gasteiger partial charge in [-0.05, 0) is 47.5 Å². The Morgan fingerprint density at radius 1 is 1.56 bits per heavy atom. The SMILES string of the molecule is COC(=O)/C(C)=C/CNc1cc(F)c(Br)cc1C. The van der Waals surface area contributed by atoms with Crippen LogP contribution >= 0.6 is 15.9 Å². The van der Waals surface area contributed by atoms with E-state index in [4.69, 9.17) is 0 Å². The van der Waals surface area contributed by atoms with Gasteiger partial charge >= 0.3 is 5.97 Å². The molecule has 1 rings (SSSR count). The number of nitrogens with one attached hydrogen (secondary N) is 1. The molecule has 1 N–H and O–H groups in total. The maximum absolute atomic E-state index is 13.4. The highest BCUT2D eigenvalue weighted by Gasteiger charge is 2.05. The van der Waals surface area contributed by atoms with Crippen LogP contribution in [0.25, 0.3) is 0 Å². The van der Waals surface area contributed by atoms with Crippen LogP contribution in [0.15, 0.2) is 28.3 Å². The second-order valence-electron chi connectivity index (χ2n) is 3.84. The molecule has 5 heteroatoms. The normalized spacial score (nSPS) is 11.3. The van der Waals surface area contributed by atoms with E-state index in [0.717, 1.165) is 5.56 Å². The number of anilines is 1. The lowest BCUT2D eigenvalue weighted by atomic mass is 10.2. The first-order valence-corrected chi connectivity index (χ1v) is 6.19. The number of hydrogen-bond acceptors (Lipinski definition) is 3. The van der Waals surface area contributed by atoms with E-state index < -0.39 is 0 Å². The minimum absolute atomic E-state index is 0.322. The van der Waals surface area contributed by atoms with Crippen molar-refractivity contribution >= 4 is 27.6 Å². The van der Waals surface area contributed by atoms with Crippen LogP contribution in [-0.4, -0.2) is 19.6 Å². The number of halogens is 2. The number of ether oxygens (including phenoxy) is 1. The lowest BCUT2D eigenvalue weighted by molar-refractivity contribution is -0.136. The van der Waals surface area contributed by atoms with Gasteiger partial charge in [0, 0.05) is 17.8 Å². The summed E-state index contributed by atoms with van der Waals surface area (Å²) < 4.78 is 18.4. The highest BCUT2D eigenvalue weighted by molar-refractivity contribution is 9.10. The highest BCUT2D eigenvalue weighted by atomic mass is 79.9. The first-order valence-electron chi connectivity index (χ1n) is 5.40. The summed E-state index contributed by atoms with van der Waals surface area (Å²) in [5.41, 5.74) is 2.14. The van der Waals surface area contributed by atoms with E-state index in [1.165, 1.54) is 13.2 Å². The zero-order chi connectivity index (χ0) is 13.7. The van der Waals surface area contributed by atoms with E-state index in [1.807, 2.05) is 6.92 Å². The Bertz CT molecular complexity index is 486. The molecule has 1 aromatic carbocycles. The van der Waals surface area contributed by atoms with Crippen LogP contribution in [0.3, 0.4) is 0 Å². The minimum Gasteiger partial charge on any atom is -0.466 e. The quantitative estimate of drug-likeness (QED) is 0.683. The molecular weight excluding hydrogens is 301 g/mol. The van der Waals surface area contributed by atoms with Crippen molar-refractivity contribution in [3.63, 3.8) is 0 Å². The fourth-order valence-corrected chi connectivity index (χ4v) is 1.85. The first-order chi connectivity index (χ1) is 8.45. The van der Waals surface area contributed by atoms with Crippen molar-refractivity contribution in [2.75, 3.05) is 19.0 Å². The number of esters is 1. The average molecular weight is 316 g/mol. The summed E-state index contributed by atoms with van der Waals surface area (Å²) in [4.78, 5) is 11.1. The number of hydrogen-bond donors (Lipinski definition) is 1. The van der Waals surface area contributed by atoms with Crippen LogP contribution in [0.4, 0.5) is 10.1 Å². The summed E-state index contributed by atoms with van der Waals surface area (Å²) in [6.07, 6.45) is 1.70. The molecule has 0 spiro atoms. The van der Waals surface area contributed by atoms with Gasteiger partial charge in [0.05, 0.1) is 11.6 Å². The number of methoxy groups -OCH3 is 1. The number of aryl methyl sites for hydroxylation is 1. The molecule has 0 unspecified atom stereocenters. The molecule has 1 aromatic rings. The largest absolute Gasteiger partial charge is 0.466 e. The van der Waals surface area contributed by atoms with Crippen molar-refractivity contribution in [2.24, 2.45) is 0 Å². The second kappa shape index (κ2) is 6.54. The summed E-state index contributed by atoms with van der Waals surface area (Å²) in [7, 11) is 1.33. The maximum atomic E-state index is 13.4. The van der Waals surface area contributed by atoms with E-state index in [1.54, 1.807) is 19.1 Å². The Labute approximate surface area is 114 Å². The van der Waals surface area contributed by atoms with E-state index in [0.29, 0.717) is 22.3 Å². The minimum atomic E-state index is -0.365. The van der Waals surface area contributed by atoms with Gasteiger partial charge in [0.2, 0.25) is 0 Å². The summed E-state index contributed by atoms with van der Waals surface area (Å²) in [6, 6.07) is 3.12. The summed E-state index contributed by atoms with van der Waals surface area (Å²) in [5, 5.41) is 3.05. The molecule has 0 aromatic heterocycles. The van der Waals surface area contributed by atoms with Crippen LogP contribution < -0.4 is 5.32 Å². The Morgan fingerprint density at radius 3 is 2.83 bits per heavy atom. The number of rotatable bonds is 4. The number of benzene rings is 1. The van der Waals surface area contributed by atoms with Crippen molar-refractivity contribution in [1.82, 2.24) is 0 Å². The van der Waals surface area contributed by atoms with Crippen LogP contribution in [-0.2, 0) is 9.53 Å². The topological polar surface area (TPSA) is 38.3 Å². The Morgan fingerprint density at radius 2 is 2.22 bits per heavy atom. The van der Waals surface area contributed by atoms with Crippen molar-refractivity contribution in [3.8, 4) is 0 Å². The Kier molecular flexibility index (Phi) is 5.34. The van der Waals surface area contributed by atoms with Gasteiger partial charge in [-0.15, -0.1) is 0 Å². The van der Waals surface area contributed by atoms with Gasteiger partial charge in [0.1, 0.15) is 5.82 Å². The van der Waals surface area contributed by atoms with Gasteiger partial charge in [-0.25, -0.2) is 9.18 Å². The fraction of sp³-hybridized carbons (Fsp3) is 0.308. The smallest absolute Gasteiger partial charge is 0.333 e. The zero-order valence-corrected chi connectivity index (χ0v) is 12.1. The molecule has 0 amide bonds. The van der Waals surface area contributed by atoms with Crippen LogP contribution in [0.2, 0.25) is 0 Å². The highest BCUT2D eigenvalue weighted by Crippen LogP contribution is 2.23. The van der Waals surface area contributed by atoms with Crippen LogP contribution in [0, 0.1) is 12.7 Å². The monoisotopic (exact) mass is 315 g/mol. The summed E-state index contributed by atoms with van der Waals surface area (Å²) >= 11 is 3.12. The van der Waals surface area contributed by atoms with Gasteiger partial charge in [-0.2, -0.15) is 0 Å². The maximum Gasteiger partial charge on any atom is 0.333 e. The van der Waals surface area contributed by atoms with Crippen molar-refractivity contribution in [1.29, 1.82) is 0 Å². The third kappa shape index (κ3) is 3.84. The predicted molar refractivity (Wildman–Crippen MR) is 73.1 cm³/mol. The van der Waals surface area contributed by atoms with Gasteiger partial charge in [-0.1, -0.05) is 6.08 Å².